The lowest BCUT2D eigenvalue weighted by Gasteiger charge is -2.14. The van der Waals surface area contributed by atoms with Crippen molar-refractivity contribution in [1.82, 2.24) is 5.32 Å². The van der Waals surface area contributed by atoms with Crippen molar-refractivity contribution in [1.29, 1.82) is 0 Å². The van der Waals surface area contributed by atoms with Gasteiger partial charge in [0, 0.05) is 6.04 Å². The van der Waals surface area contributed by atoms with Crippen molar-refractivity contribution in [2.45, 2.75) is 39.2 Å². The number of hydrogen-bond acceptors (Lipinski definition) is 2. The summed E-state index contributed by atoms with van der Waals surface area (Å²) in [6.07, 6.45) is 3.58. The molecule has 62 valence electrons. The highest BCUT2D eigenvalue weighted by Crippen LogP contribution is 1.99. The summed E-state index contributed by atoms with van der Waals surface area (Å²) in [5, 5.41) is 3.41. The van der Waals surface area contributed by atoms with E-state index in [9.17, 15) is 0 Å². The van der Waals surface area contributed by atoms with Crippen LogP contribution >= 0.6 is 0 Å². The van der Waals surface area contributed by atoms with Crippen LogP contribution in [0, 0.1) is 0 Å². The summed E-state index contributed by atoms with van der Waals surface area (Å²) in [5.74, 6) is 0. The zero-order valence-electron chi connectivity index (χ0n) is 7.19. The topological polar surface area (TPSA) is 38.0 Å². The smallest absolute Gasteiger partial charge is 0.00647 e. The summed E-state index contributed by atoms with van der Waals surface area (Å²) in [4.78, 5) is 0. The first-order chi connectivity index (χ1) is 4.85. The molecule has 0 aliphatic rings. The van der Waals surface area contributed by atoms with Crippen LogP contribution in [0.1, 0.15) is 33.1 Å². The maximum Gasteiger partial charge on any atom is 0.00647 e. The molecule has 0 bridgehead atoms. The molecule has 3 N–H and O–H groups in total. The van der Waals surface area contributed by atoms with E-state index in [1.54, 1.807) is 0 Å². The van der Waals surface area contributed by atoms with Gasteiger partial charge in [-0.05, 0) is 32.4 Å². The Kier molecular flexibility index (Phi) is 6.98. The summed E-state index contributed by atoms with van der Waals surface area (Å²) in [7, 11) is 0. The predicted octanol–water partition coefficient (Wildman–Crippen LogP) is 1.11. The molecular weight excluding hydrogens is 124 g/mol. The van der Waals surface area contributed by atoms with Crippen LogP contribution < -0.4 is 11.1 Å². The monoisotopic (exact) mass is 144 g/mol. The average Bonchev–Trinajstić information content (AvgIpc) is 1.98. The molecule has 0 saturated heterocycles. The lowest BCUT2D eigenvalue weighted by molar-refractivity contribution is 0.470. The summed E-state index contributed by atoms with van der Waals surface area (Å²) >= 11 is 0. The fourth-order valence-corrected chi connectivity index (χ4v) is 1.10. The molecule has 2 nitrogen and oxygen atoms in total. The third-order valence-electron chi connectivity index (χ3n) is 1.74. The van der Waals surface area contributed by atoms with E-state index in [0.29, 0.717) is 6.04 Å². The summed E-state index contributed by atoms with van der Waals surface area (Å²) < 4.78 is 0. The molecule has 0 aromatic carbocycles. The first kappa shape index (κ1) is 9.92. The highest BCUT2D eigenvalue weighted by molar-refractivity contribution is 4.63. The van der Waals surface area contributed by atoms with Gasteiger partial charge in [0.05, 0.1) is 0 Å². The minimum Gasteiger partial charge on any atom is -0.330 e. The fourth-order valence-electron chi connectivity index (χ4n) is 1.10. The molecule has 0 aromatic rings. The van der Waals surface area contributed by atoms with Gasteiger partial charge < -0.3 is 11.1 Å². The number of nitrogens with one attached hydrogen (secondary N) is 1. The molecule has 10 heavy (non-hydrogen) atoms. The minimum atomic E-state index is 0.688. The average molecular weight is 144 g/mol. The maximum absolute atomic E-state index is 5.40. The Morgan fingerprint density at radius 2 is 2.10 bits per heavy atom. The first-order valence-corrected chi connectivity index (χ1v) is 4.28. The zero-order valence-corrected chi connectivity index (χ0v) is 7.19. The van der Waals surface area contributed by atoms with Crippen molar-refractivity contribution < 1.29 is 0 Å². The molecule has 0 radical (unpaired) electrons. The molecule has 0 rings (SSSR count). The third-order valence-corrected chi connectivity index (χ3v) is 1.74. The van der Waals surface area contributed by atoms with Crippen LogP contribution in [0.3, 0.4) is 0 Å². The van der Waals surface area contributed by atoms with Gasteiger partial charge in [-0.25, -0.2) is 0 Å². The Morgan fingerprint density at radius 1 is 1.40 bits per heavy atom. The number of nitrogens with two attached hydrogens (primary N) is 1. The fraction of sp³-hybridized carbons (Fsp3) is 1.00. The molecule has 0 spiro atoms. The molecule has 0 fully saturated rings. The normalized spacial score (nSPS) is 13.5. The van der Waals surface area contributed by atoms with Gasteiger partial charge in [-0.2, -0.15) is 0 Å². The lowest BCUT2D eigenvalue weighted by atomic mass is 10.1. The largest absolute Gasteiger partial charge is 0.330 e. The molecule has 0 amide bonds. The highest BCUT2D eigenvalue weighted by atomic mass is 14.9. The Balaban J connectivity index is 3.21. The maximum atomic E-state index is 5.40. The molecular formula is C8H20N2. The van der Waals surface area contributed by atoms with Crippen LogP contribution in [-0.4, -0.2) is 19.1 Å². The molecule has 0 aliphatic heterocycles. The molecule has 0 heterocycles. The quantitative estimate of drug-likeness (QED) is 0.586. The lowest BCUT2D eigenvalue weighted by Crippen LogP contribution is -2.28. The second-order valence-electron chi connectivity index (χ2n) is 2.59. The van der Waals surface area contributed by atoms with Crippen LogP contribution in [-0.2, 0) is 0 Å². The predicted molar refractivity (Wildman–Crippen MR) is 46.0 cm³/mol. The second kappa shape index (κ2) is 7.03. The van der Waals surface area contributed by atoms with Crippen molar-refractivity contribution in [2.75, 3.05) is 13.1 Å². The number of rotatable bonds is 6. The molecule has 2 heteroatoms. The van der Waals surface area contributed by atoms with Crippen LogP contribution in [0.4, 0.5) is 0 Å². The van der Waals surface area contributed by atoms with E-state index in [2.05, 4.69) is 19.2 Å². The summed E-state index contributed by atoms with van der Waals surface area (Å²) in [6.45, 7) is 6.25. The van der Waals surface area contributed by atoms with Crippen molar-refractivity contribution in [3.05, 3.63) is 0 Å². The van der Waals surface area contributed by atoms with Crippen molar-refractivity contribution in [3.8, 4) is 0 Å². The summed E-state index contributed by atoms with van der Waals surface area (Å²) in [6, 6.07) is 0.688. The third kappa shape index (κ3) is 4.77. The van der Waals surface area contributed by atoms with Gasteiger partial charge in [0.2, 0.25) is 0 Å². The van der Waals surface area contributed by atoms with E-state index < -0.39 is 0 Å². The number of hydrogen-bond donors (Lipinski definition) is 2. The molecule has 1 atom stereocenters. The molecule has 0 aromatic heterocycles. The molecule has 1 unspecified atom stereocenters. The van der Waals surface area contributed by atoms with Crippen molar-refractivity contribution >= 4 is 0 Å². The minimum absolute atomic E-state index is 0.688. The van der Waals surface area contributed by atoms with Crippen LogP contribution in [0.15, 0.2) is 0 Å². The Hall–Kier alpha value is -0.0800. The van der Waals surface area contributed by atoms with Crippen LogP contribution in [0.2, 0.25) is 0 Å². The van der Waals surface area contributed by atoms with Gasteiger partial charge in [0.25, 0.3) is 0 Å². The van der Waals surface area contributed by atoms with Gasteiger partial charge in [-0.1, -0.05) is 13.8 Å². The Bertz CT molecular complexity index is 64.3. The van der Waals surface area contributed by atoms with Gasteiger partial charge in [-0.3, -0.25) is 0 Å². The van der Waals surface area contributed by atoms with E-state index in [1.165, 1.54) is 12.8 Å². The first-order valence-electron chi connectivity index (χ1n) is 4.28. The Labute approximate surface area is 64.2 Å². The molecule has 0 saturated carbocycles. The highest BCUT2D eigenvalue weighted by Gasteiger charge is 2.01. The van der Waals surface area contributed by atoms with Crippen LogP contribution in [0.25, 0.3) is 0 Å². The van der Waals surface area contributed by atoms with Crippen LogP contribution in [0.5, 0.6) is 0 Å². The zero-order chi connectivity index (χ0) is 7.82. The van der Waals surface area contributed by atoms with Crippen molar-refractivity contribution in [2.24, 2.45) is 5.73 Å². The van der Waals surface area contributed by atoms with Crippen molar-refractivity contribution in [3.63, 3.8) is 0 Å². The van der Waals surface area contributed by atoms with Gasteiger partial charge in [0.15, 0.2) is 0 Å². The standard InChI is InChI=1S/C8H20N2/c1-3-8(10-4-2)6-5-7-9/h8,10H,3-7,9H2,1-2H3. The summed E-state index contributed by atoms with van der Waals surface area (Å²) in [5.41, 5.74) is 5.40. The van der Waals surface area contributed by atoms with E-state index in [-0.39, 0.29) is 0 Å². The van der Waals surface area contributed by atoms with Gasteiger partial charge >= 0.3 is 0 Å². The van der Waals surface area contributed by atoms with E-state index in [1.807, 2.05) is 0 Å². The van der Waals surface area contributed by atoms with E-state index in [0.717, 1.165) is 19.5 Å². The van der Waals surface area contributed by atoms with E-state index >= 15 is 0 Å². The SMILES string of the molecule is CCNC(CC)CCCN. The Morgan fingerprint density at radius 3 is 2.50 bits per heavy atom. The second-order valence-corrected chi connectivity index (χ2v) is 2.59. The van der Waals surface area contributed by atoms with Gasteiger partial charge in [0.1, 0.15) is 0 Å². The van der Waals surface area contributed by atoms with E-state index in [4.69, 9.17) is 5.73 Å². The molecule has 0 aliphatic carbocycles. The van der Waals surface area contributed by atoms with Gasteiger partial charge in [-0.15, -0.1) is 0 Å².